The van der Waals surface area contributed by atoms with Gasteiger partial charge in [-0.05, 0) is 23.6 Å². The van der Waals surface area contributed by atoms with Crippen molar-refractivity contribution in [2.45, 2.75) is 38.6 Å². The first kappa shape index (κ1) is 28.6. The smallest absolute Gasteiger partial charge is 0.351 e. The molecular weight excluding hydrogens is 526 g/mol. The van der Waals surface area contributed by atoms with Crippen LogP contribution in [-0.4, -0.2) is 33.6 Å². The highest BCUT2D eigenvalue weighted by Gasteiger charge is 2.50. The van der Waals surface area contributed by atoms with Gasteiger partial charge in [0.1, 0.15) is 12.4 Å². The number of nitrogens with zero attached hydrogens (tertiary/aromatic N) is 3. The van der Waals surface area contributed by atoms with Gasteiger partial charge in [0.25, 0.3) is 0 Å². The lowest BCUT2D eigenvalue weighted by molar-refractivity contribution is -0.171. The van der Waals surface area contributed by atoms with Crippen molar-refractivity contribution >= 4 is 5.97 Å². The Morgan fingerprint density at radius 1 is 0.714 bits per heavy atom. The molecule has 0 radical (unpaired) electrons. The van der Waals surface area contributed by atoms with Gasteiger partial charge in [-0.3, -0.25) is 0 Å². The molecule has 0 amide bonds. The summed E-state index contributed by atoms with van der Waals surface area (Å²) in [5.74, 6) is 0.381. The van der Waals surface area contributed by atoms with Gasteiger partial charge in [0.05, 0.1) is 0 Å². The number of hydrogen-bond donors (Lipinski definition) is 0. The first-order chi connectivity index (χ1) is 20.6. The van der Waals surface area contributed by atoms with E-state index in [1.54, 1.807) is 0 Å². The maximum Gasteiger partial charge on any atom is 0.351 e. The number of hydrogen-bond acceptors (Lipinski definition) is 7. The zero-order chi connectivity index (χ0) is 29.2. The quantitative estimate of drug-likeness (QED) is 0.160. The number of aryl methyl sites for hydroxylation is 1. The Kier molecular flexibility index (Phi) is 9.31. The van der Waals surface area contributed by atoms with E-state index in [4.69, 9.17) is 14.2 Å². The Morgan fingerprint density at radius 3 is 1.81 bits per heavy atom. The predicted molar refractivity (Wildman–Crippen MR) is 161 cm³/mol. The second-order valence-electron chi connectivity index (χ2n) is 9.57. The van der Waals surface area contributed by atoms with Gasteiger partial charge < -0.3 is 14.2 Å². The fraction of sp³-hybridized carbons (Fsp3) is 0.200. The Morgan fingerprint density at radius 2 is 1.26 bits per heavy atom. The molecule has 212 valence electrons. The van der Waals surface area contributed by atoms with Crippen LogP contribution in [0.3, 0.4) is 0 Å². The normalized spacial score (nSPS) is 12.0. The fourth-order valence-corrected chi connectivity index (χ4v) is 4.84. The molecule has 0 bridgehead atoms. The van der Waals surface area contributed by atoms with E-state index in [1.807, 2.05) is 135 Å². The van der Waals surface area contributed by atoms with Crippen molar-refractivity contribution < 1.29 is 19.0 Å². The van der Waals surface area contributed by atoms with Crippen LogP contribution in [0.2, 0.25) is 0 Å². The second-order valence-corrected chi connectivity index (χ2v) is 9.57. The fourth-order valence-electron chi connectivity index (χ4n) is 4.84. The Hall–Kier alpha value is -4.88. The van der Waals surface area contributed by atoms with Crippen molar-refractivity contribution in [2.75, 3.05) is 6.61 Å². The lowest BCUT2D eigenvalue weighted by atomic mass is 9.81. The summed E-state index contributed by atoms with van der Waals surface area (Å²) in [6, 6.07) is 38.3. The molecule has 0 saturated heterocycles. The Balaban J connectivity index is 1.65. The van der Waals surface area contributed by atoms with Gasteiger partial charge in [-0.25, -0.2) is 9.78 Å². The molecule has 1 unspecified atom stereocenters. The zero-order valence-corrected chi connectivity index (χ0v) is 23.7. The maximum atomic E-state index is 14.2. The average molecular weight is 560 g/mol. The maximum absolute atomic E-state index is 14.2. The van der Waals surface area contributed by atoms with E-state index in [0.717, 1.165) is 22.3 Å². The molecule has 0 fully saturated rings. The monoisotopic (exact) mass is 559 g/mol. The highest BCUT2D eigenvalue weighted by Crippen LogP contribution is 2.39. The third-order valence-corrected chi connectivity index (χ3v) is 6.82. The molecule has 1 aromatic heterocycles. The molecule has 0 aliphatic carbocycles. The minimum Gasteiger partial charge on any atom is -0.458 e. The van der Waals surface area contributed by atoms with E-state index >= 15 is 0 Å². The molecule has 0 aliphatic rings. The largest absolute Gasteiger partial charge is 0.458 e. The molecule has 7 heteroatoms. The number of rotatable bonds is 12. The van der Waals surface area contributed by atoms with Gasteiger partial charge >= 0.3 is 12.0 Å². The first-order valence-electron chi connectivity index (χ1n) is 14.1. The summed E-state index contributed by atoms with van der Waals surface area (Å²) in [6.07, 6.45) is -0.753. The van der Waals surface area contributed by atoms with Crippen molar-refractivity contribution in [3.05, 3.63) is 144 Å². The molecule has 0 aliphatic heterocycles. The number of esters is 1. The van der Waals surface area contributed by atoms with Crippen molar-refractivity contribution in [1.82, 2.24) is 15.0 Å². The molecule has 0 spiro atoms. The summed E-state index contributed by atoms with van der Waals surface area (Å²) in [4.78, 5) is 28.0. The summed E-state index contributed by atoms with van der Waals surface area (Å²) in [7, 11) is 0. The molecule has 5 aromatic rings. The molecule has 4 aromatic carbocycles. The number of ether oxygens (including phenoxy) is 3. The van der Waals surface area contributed by atoms with Gasteiger partial charge in [0.15, 0.2) is 11.4 Å². The second kappa shape index (κ2) is 13.7. The number of aromatic nitrogens is 3. The van der Waals surface area contributed by atoms with E-state index < -0.39 is 17.7 Å². The van der Waals surface area contributed by atoms with Crippen molar-refractivity contribution in [2.24, 2.45) is 0 Å². The van der Waals surface area contributed by atoms with Gasteiger partial charge in [0, 0.05) is 18.6 Å². The van der Waals surface area contributed by atoms with Crippen LogP contribution in [0, 0.1) is 0 Å². The Labute approximate surface area is 246 Å². The molecule has 5 rings (SSSR count). The van der Waals surface area contributed by atoms with Crippen LogP contribution >= 0.6 is 0 Å². The van der Waals surface area contributed by atoms with Crippen LogP contribution in [0.5, 0.6) is 6.01 Å². The highest BCUT2D eigenvalue weighted by atomic mass is 16.6. The van der Waals surface area contributed by atoms with Gasteiger partial charge in [0.2, 0.25) is 6.10 Å². The van der Waals surface area contributed by atoms with Gasteiger partial charge in [-0.15, -0.1) is 0 Å². The van der Waals surface area contributed by atoms with Gasteiger partial charge in [-0.2, -0.15) is 9.97 Å². The van der Waals surface area contributed by atoms with Crippen LogP contribution < -0.4 is 4.74 Å². The summed E-state index contributed by atoms with van der Waals surface area (Å²) in [5.41, 5.74) is 1.74. The van der Waals surface area contributed by atoms with Crippen molar-refractivity contribution in [3.8, 4) is 17.4 Å². The predicted octanol–water partition coefficient (Wildman–Crippen LogP) is 6.57. The van der Waals surface area contributed by atoms with Crippen molar-refractivity contribution in [3.63, 3.8) is 0 Å². The van der Waals surface area contributed by atoms with Gasteiger partial charge in [-0.1, -0.05) is 128 Å². The molecule has 0 saturated carbocycles. The van der Waals surface area contributed by atoms with E-state index in [0.29, 0.717) is 24.7 Å². The molecule has 1 atom stereocenters. The standard InChI is InChI=1S/C35H33N3O4/c1-3-30-36-32(27-19-11-6-12-20-27)38-34(37-30)42-31(33(39)40-25-26-17-9-5-10-18-26)35(41-4-2,28-21-13-7-14-22-28)29-23-15-8-16-24-29/h5-24,31H,3-4,25H2,1-2H3. The van der Waals surface area contributed by atoms with Crippen LogP contribution in [0.4, 0.5) is 0 Å². The third kappa shape index (κ3) is 6.37. The summed E-state index contributed by atoms with van der Waals surface area (Å²) in [5, 5.41) is 0. The molecule has 0 N–H and O–H groups in total. The molecule has 42 heavy (non-hydrogen) atoms. The molecule has 1 heterocycles. The number of benzene rings is 4. The lowest BCUT2D eigenvalue weighted by Gasteiger charge is -2.39. The van der Waals surface area contributed by atoms with Crippen molar-refractivity contribution in [1.29, 1.82) is 0 Å². The summed E-state index contributed by atoms with van der Waals surface area (Å²) >= 11 is 0. The first-order valence-corrected chi connectivity index (χ1v) is 14.1. The zero-order valence-electron chi connectivity index (χ0n) is 23.7. The van der Waals surface area contributed by atoms with Crippen LogP contribution in [0.25, 0.3) is 11.4 Å². The topological polar surface area (TPSA) is 83.4 Å². The number of carbonyl (C=O) groups is 1. The SMILES string of the molecule is CCOC(c1ccccc1)(c1ccccc1)C(Oc1nc(CC)nc(-c2ccccc2)n1)C(=O)OCc1ccccc1. The van der Waals surface area contributed by atoms with E-state index in [2.05, 4.69) is 15.0 Å². The highest BCUT2D eigenvalue weighted by molar-refractivity contribution is 5.78. The minimum atomic E-state index is -1.38. The lowest BCUT2D eigenvalue weighted by Crippen LogP contribution is -2.52. The summed E-state index contributed by atoms with van der Waals surface area (Å²) < 4.78 is 19.0. The molecule has 7 nitrogen and oxygen atoms in total. The molecular formula is C35H33N3O4. The Bertz CT molecular complexity index is 1530. The summed E-state index contributed by atoms with van der Waals surface area (Å²) in [6.45, 7) is 4.21. The van der Waals surface area contributed by atoms with E-state index in [9.17, 15) is 4.79 Å². The van der Waals surface area contributed by atoms with Crippen LogP contribution in [-0.2, 0) is 32.9 Å². The average Bonchev–Trinajstić information content (AvgIpc) is 3.06. The third-order valence-electron chi connectivity index (χ3n) is 6.82. The number of carbonyl (C=O) groups excluding carboxylic acids is 1. The van der Waals surface area contributed by atoms with E-state index in [-0.39, 0.29) is 12.6 Å². The minimum absolute atomic E-state index is 0.0123. The van der Waals surface area contributed by atoms with Crippen LogP contribution in [0.1, 0.15) is 36.4 Å². The van der Waals surface area contributed by atoms with Crippen LogP contribution in [0.15, 0.2) is 121 Å². The van der Waals surface area contributed by atoms with E-state index in [1.165, 1.54) is 0 Å².